The second-order valence-electron chi connectivity index (χ2n) is 1.30. The SMILES string of the molecule is [O]B(OBO)OB([O])OBO. The van der Waals surface area contributed by atoms with E-state index in [1.807, 2.05) is 0 Å². The van der Waals surface area contributed by atoms with Crippen LogP contribution in [-0.4, -0.2) is 40.1 Å². The highest BCUT2D eigenvalue weighted by Gasteiger charge is 2.28. The van der Waals surface area contributed by atoms with Gasteiger partial charge in [0.2, 0.25) is 0 Å². The van der Waals surface area contributed by atoms with E-state index in [-0.39, 0.29) is 0 Å². The van der Waals surface area contributed by atoms with E-state index in [2.05, 4.69) is 13.7 Å². The minimum Gasteiger partial charge on any atom is -0.431 e. The van der Waals surface area contributed by atoms with Crippen LogP contribution in [-0.2, 0) is 23.8 Å². The molecular weight excluding hydrogens is 155 g/mol. The van der Waals surface area contributed by atoms with Crippen molar-refractivity contribution in [2.45, 2.75) is 0 Å². The summed E-state index contributed by atoms with van der Waals surface area (Å²) in [6, 6.07) is 0. The molecule has 0 unspecified atom stereocenters. The molecule has 0 aromatic carbocycles. The highest BCUT2D eigenvalue weighted by atomic mass is 16.7. The third-order valence-corrected chi connectivity index (χ3v) is 0.643. The van der Waals surface area contributed by atoms with E-state index in [9.17, 15) is 10.0 Å². The van der Waals surface area contributed by atoms with Crippen LogP contribution < -0.4 is 0 Å². The van der Waals surface area contributed by atoms with Gasteiger partial charge >= 0.3 is 30.0 Å². The second-order valence-corrected chi connectivity index (χ2v) is 1.30. The summed E-state index contributed by atoms with van der Waals surface area (Å²) in [4.78, 5) is 0. The van der Waals surface area contributed by atoms with E-state index in [1.54, 1.807) is 0 Å². The highest BCUT2D eigenvalue weighted by molar-refractivity contribution is 6.55. The molecule has 2 radical (unpaired) electrons. The van der Waals surface area contributed by atoms with Crippen LogP contribution in [0, 0.1) is 0 Å². The van der Waals surface area contributed by atoms with Crippen LogP contribution in [0.5, 0.6) is 0 Å². The van der Waals surface area contributed by atoms with Gasteiger partial charge in [-0.1, -0.05) is 0 Å². The molecule has 0 amide bonds. The maximum atomic E-state index is 10.2. The van der Waals surface area contributed by atoms with Crippen molar-refractivity contribution in [3.63, 3.8) is 0 Å². The fourth-order valence-corrected chi connectivity index (χ4v) is 0.291. The third kappa shape index (κ3) is 6.38. The molecule has 58 valence electrons. The molecule has 0 aliphatic heterocycles. The molecule has 0 rings (SSSR count). The van der Waals surface area contributed by atoms with Crippen LogP contribution in [0.4, 0.5) is 0 Å². The normalized spacial score (nSPS) is 9.09. The van der Waals surface area contributed by atoms with Crippen LogP contribution in [0.1, 0.15) is 0 Å². The van der Waals surface area contributed by atoms with Crippen molar-refractivity contribution in [2.75, 3.05) is 0 Å². The fraction of sp³-hybridized carbons (Fsp3) is 0. The summed E-state index contributed by atoms with van der Waals surface area (Å²) < 4.78 is 11.6. The first-order valence-corrected chi connectivity index (χ1v) is 2.62. The number of rotatable bonds is 6. The van der Waals surface area contributed by atoms with Crippen LogP contribution in [0.15, 0.2) is 0 Å². The van der Waals surface area contributed by atoms with Crippen molar-refractivity contribution in [3.05, 3.63) is 0 Å². The van der Waals surface area contributed by atoms with Gasteiger partial charge in [-0.25, -0.2) is 10.0 Å². The van der Waals surface area contributed by atoms with Gasteiger partial charge in [0.25, 0.3) is 0 Å². The van der Waals surface area contributed by atoms with Crippen LogP contribution in [0.25, 0.3) is 0 Å². The van der Waals surface area contributed by atoms with Gasteiger partial charge in [0.05, 0.1) is 0 Å². The summed E-state index contributed by atoms with van der Waals surface area (Å²) >= 11 is 0. The van der Waals surface area contributed by atoms with E-state index in [0.717, 1.165) is 0 Å². The Hall–Kier alpha value is -0.0203. The molecule has 0 aliphatic carbocycles. The predicted octanol–water partition coefficient (Wildman–Crippen LogP) is -3.62. The van der Waals surface area contributed by atoms with Crippen molar-refractivity contribution in [2.24, 2.45) is 0 Å². The Morgan fingerprint density at radius 1 is 1.00 bits per heavy atom. The van der Waals surface area contributed by atoms with E-state index in [1.165, 1.54) is 0 Å². The first-order chi connectivity index (χ1) is 5.20. The van der Waals surface area contributed by atoms with Gasteiger partial charge in [0.15, 0.2) is 0 Å². The van der Waals surface area contributed by atoms with E-state index in [0.29, 0.717) is 0 Å². The minimum absolute atomic E-state index is 0.847. The largest absolute Gasteiger partial charge is 0.640 e. The van der Waals surface area contributed by atoms with Crippen molar-refractivity contribution in [1.29, 1.82) is 0 Å². The molecule has 0 aromatic rings. The van der Waals surface area contributed by atoms with Crippen molar-refractivity contribution >= 4 is 30.0 Å². The van der Waals surface area contributed by atoms with Crippen LogP contribution in [0.2, 0.25) is 0 Å². The Balaban J connectivity index is 3.32. The van der Waals surface area contributed by atoms with Gasteiger partial charge in [-0.15, -0.1) is 0 Å². The minimum atomic E-state index is -2.10. The quantitative estimate of drug-likeness (QED) is 0.389. The van der Waals surface area contributed by atoms with E-state index >= 15 is 0 Å². The smallest absolute Gasteiger partial charge is 0.431 e. The van der Waals surface area contributed by atoms with Crippen LogP contribution in [0.3, 0.4) is 0 Å². The number of hydrogen-bond acceptors (Lipinski definition) is 5. The monoisotopic (exact) mass is 160 g/mol. The Kier molecular flexibility index (Phi) is 6.66. The topological polar surface area (TPSA) is 108 Å². The van der Waals surface area contributed by atoms with E-state index in [4.69, 9.17) is 10.0 Å². The molecule has 0 saturated heterocycles. The van der Waals surface area contributed by atoms with Gasteiger partial charge in [0, 0.05) is 0 Å². The molecule has 7 nitrogen and oxygen atoms in total. The first-order valence-electron chi connectivity index (χ1n) is 2.62. The molecular formula is H4B4O7. The van der Waals surface area contributed by atoms with Gasteiger partial charge in [-0.05, 0) is 0 Å². The van der Waals surface area contributed by atoms with Gasteiger partial charge in [-0.2, -0.15) is 0 Å². The van der Waals surface area contributed by atoms with Crippen molar-refractivity contribution in [1.82, 2.24) is 0 Å². The summed E-state index contributed by atoms with van der Waals surface area (Å²) in [7, 11) is -5.90. The van der Waals surface area contributed by atoms with Gasteiger partial charge in [0.1, 0.15) is 0 Å². The average molecular weight is 159 g/mol. The molecule has 0 saturated carbocycles. The molecule has 0 bridgehead atoms. The Labute approximate surface area is 64.9 Å². The lowest BCUT2D eigenvalue weighted by atomic mass is 10.1. The molecule has 11 heteroatoms. The maximum Gasteiger partial charge on any atom is 0.640 e. The summed E-state index contributed by atoms with van der Waals surface area (Å²) in [5.74, 6) is 0. The maximum absolute atomic E-state index is 10.2. The third-order valence-electron chi connectivity index (χ3n) is 0.643. The lowest BCUT2D eigenvalue weighted by molar-refractivity contribution is 0.170. The molecule has 0 fully saturated rings. The molecule has 0 heterocycles. The van der Waals surface area contributed by atoms with Gasteiger partial charge in [-0.3, -0.25) is 0 Å². The fourth-order valence-electron chi connectivity index (χ4n) is 0.291. The second kappa shape index (κ2) is 6.68. The first kappa shape index (κ1) is 11.0. The average Bonchev–Trinajstić information content (AvgIpc) is 1.87. The molecule has 0 spiro atoms. The summed E-state index contributed by atoms with van der Waals surface area (Å²) in [5.41, 5.74) is 0. The zero-order chi connectivity index (χ0) is 8.69. The summed E-state index contributed by atoms with van der Waals surface area (Å²) in [6.07, 6.45) is 0. The lowest BCUT2D eigenvalue weighted by Crippen LogP contribution is -2.34. The van der Waals surface area contributed by atoms with Crippen molar-refractivity contribution < 1.29 is 33.8 Å². The molecule has 2 N–H and O–H groups in total. The zero-order valence-corrected chi connectivity index (χ0v) is 5.50. The summed E-state index contributed by atoms with van der Waals surface area (Å²) in [5, 5.41) is 36.5. The van der Waals surface area contributed by atoms with Crippen LogP contribution >= 0.6 is 0 Å². The Morgan fingerprint density at radius 2 is 1.36 bits per heavy atom. The lowest BCUT2D eigenvalue weighted by Gasteiger charge is -2.05. The van der Waals surface area contributed by atoms with Gasteiger partial charge < -0.3 is 23.8 Å². The Bertz CT molecular complexity index is 76.5. The van der Waals surface area contributed by atoms with E-state index < -0.39 is 30.0 Å². The van der Waals surface area contributed by atoms with Crippen molar-refractivity contribution in [3.8, 4) is 0 Å². The summed E-state index contributed by atoms with van der Waals surface area (Å²) in [6.45, 7) is 0. The molecule has 0 atom stereocenters. The Morgan fingerprint density at radius 3 is 1.64 bits per heavy atom. The highest BCUT2D eigenvalue weighted by Crippen LogP contribution is 1.88. The molecule has 11 heavy (non-hydrogen) atoms. The zero-order valence-electron chi connectivity index (χ0n) is 5.50. The molecule has 0 aromatic heterocycles. The standard InChI is InChI=1S/B4H4O7/c5-1-9-3(7)11-4(8)10-2-6/h1-2,5-6H. The number of hydrogen-bond donors (Lipinski definition) is 2. The molecule has 0 aliphatic rings. The predicted molar refractivity (Wildman–Crippen MR) is 34.9 cm³/mol.